The van der Waals surface area contributed by atoms with Crippen LogP contribution in [-0.4, -0.2) is 17.5 Å². The molecule has 1 unspecified atom stereocenters. The minimum Gasteiger partial charge on any atom is -0.494 e. The van der Waals surface area contributed by atoms with Gasteiger partial charge in [0.15, 0.2) is 10.9 Å². The van der Waals surface area contributed by atoms with Crippen molar-refractivity contribution in [1.29, 1.82) is 0 Å². The highest BCUT2D eigenvalue weighted by Gasteiger charge is 2.33. The van der Waals surface area contributed by atoms with E-state index in [0.717, 1.165) is 48.3 Å². The first-order valence-corrected chi connectivity index (χ1v) is 10.2. The van der Waals surface area contributed by atoms with Crippen LogP contribution in [0, 0.1) is 0 Å². The quantitative estimate of drug-likeness (QED) is 0.569. The number of ether oxygens (including phenoxy) is 1. The fourth-order valence-electron chi connectivity index (χ4n) is 3.82. The van der Waals surface area contributed by atoms with Gasteiger partial charge in [-0.3, -0.25) is 4.79 Å². The number of carbonyl (C=O) groups is 1. The van der Waals surface area contributed by atoms with E-state index in [1.54, 1.807) is 0 Å². The molecule has 28 heavy (non-hydrogen) atoms. The summed E-state index contributed by atoms with van der Waals surface area (Å²) in [6.07, 6.45) is 4.35. The number of nitrogens with one attached hydrogen (secondary N) is 2. The zero-order chi connectivity index (χ0) is 19.3. The third-order valence-corrected chi connectivity index (χ3v) is 5.44. The number of hydrogen-bond donors (Lipinski definition) is 2. The van der Waals surface area contributed by atoms with Crippen LogP contribution in [0.1, 0.15) is 42.9 Å². The van der Waals surface area contributed by atoms with Crippen LogP contribution in [0.15, 0.2) is 65.9 Å². The van der Waals surface area contributed by atoms with Crippen LogP contribution < -0.4 is 15.4 Å². The number of benzene rings is 2. The van der Waals surface area contributed by atoms with Gasteiger partial charge in [-0.25, -0.2) is 0 Å². The average Bonchev–Trinajstić information content (AvgIpc) is 2.72. The maximum Gasteiger partial charge on any atom is 0.171 e. The molecule has 2 aliphatic rings. The molecule has 0 radical (unpaired) electrons. The lowest BCUT2D eigenvalue weighted by Gasteiger charge is -2.33. The van der Waals surface area contributed by atoms with Crippen molar-refractivity contribution in [3.05, 3.63) is 77.0 Å². The van der Waals surface area contributed by atoms with Gasteiger partial charge in [-0.15, -0.1) is 0 Å². The molecule has 2 aromatic rings. The molecule has 4 rings (SSSR count). The van der Waals surface area contributed by atoms with E-state index in [1.807, 2.05) is 30.3 Å². The van der Waals surface area contributed by atoms with Crippen LogP contribution in [0.4, 0.5) is 0 Å². The summed E-state index contributed by atoms with van der Waals surface area (Å²) in [6.45, 7) is 0.678. The van der Waals surface area contributed by atoms with Crippen LogP contribution in [0.25, 0.3) is 0 Å². The van der Waals surface area contributed by atoms with E-state index in [9.17, 15) is 4.79 Å². The van der Waals surface area contributed by atoms with Gasteiger partial charge < -0.3 is 15.4 Å². The van der Waals surface area contributed by atoms with Crippen molar-refractivity contribution in [3.63, 3.8) is 0 Å². The Bertz CT molecular complexity index is 891. The van der Waals surface area contributed by atoms with Gasteiger partial charge in [0.25, 0.3) is 0 Å². The van der Waals surface area contributed by atoms with Gasteiger partial charge in [-0.2, -0.15) is 0 Å². The van der Waals surface area contributed by atoms with Gasteiger partial charge in [0.05, 0.1) is 12.6 Å². The van der Waals surface area contributed by atoms with Crippen molar-refractivity contribution in [2.45, 2.75) is 38.1 Å². The van der Waals surface area contributed by atoms with Crippen molar-refractivity contribution < 1.29 is 9.53 Å². The number of ketones is 1. The molecule has 0 saturated carbocycles. The molecule has 5 heteroatoms. The first kappa shape index (κ1) is 18.7. The van der Waals surface area contributed by atoms with Crippen molar-refractivity contribution >= 4 is 23.1 Å². The van der Waals surface area contributed by atoms with Crippen LogP contribution in [0.2, 0.25) is 0 Å². The molecule has 1 aliphatic heterocycles. The van der Waals surface area contributed by atoms with Crippen molar-refractivity contribution in [3.8, 4) is 5.75 Å². The second-order valence-electron chi connectivity index (χ2n) is 7.21. The third-order valence-electron chi connectivity index (χ3n) is 5.22. The van der Waals surface area contributed by atoms with E-state index in [-0.39, 0.29) is 11.8 Å². The van der Waals surface area contributed by atoms with Crippen LogP contribution in [0.5, 0.6) is 5.75 Å². The van der Waals surface area contributed by atoms with Gasteiger partial charge in [0.1, 0.15) is 5.75 Å². The first-order valence-electron chi connectivity index (χ1n) is 9.81. The van der Waals surface area contributed by atoms with Crippen LogP contribution >= 0.6 is 12.2 Å². The standard InChI is InChI=1S/C23H24N2O2S/c26-20-10-4-9-19-21(20)22(25-23(28)24-19)17-11-13-18(14-12-17)27-15-5-8-16-6-2-1-3-7-16/h1-3,6-7,11-14,22H,4-5,8-10,15H2,(H2,24,25,28). The Hall–Kier alpha value is -2.66. The monoisotopic (exact) mass is 392 g/mol. The van der Waals surface area contributed by atoms with E-state index in [2.05, 4.69) is 34.9 Å². The molecule has 0 saturated heterocycles. The number of hydrogen-bond acceptors (Lipinski definition) is 3. The molecule has 2 N–H and O–H groups in total. The molecule has 4 nitrogen and oxygen atoms in total. The Kier molecular flexibility index (Phi) is 5.72. The summed E-state index contributed by atoms with van der Waals surface area (Å²) in [5, 5.41) is 7.00. The summed E-state index contributed by atoms with van der Waals surface area (Å²) < 4.78 is 5.88. The summed E-state index contributed by atoms with van der Waals surface area (Å²) in [5.41, 5.74) is 4.17. The van der Waals surface area contributed by atoms with Gasteiger partial charge in [-0.1, -0.05) is 42.5 Å². The predicted octanol–water partition coefficient (Wildman–Crippen LogP) is 4.22. The van der Waals surface area contributed by atoms with E-state index in [4.69, 9.17) is 17.0 Å². The largest absolute Gasteiger partial charge is 0.494 e. The smallest absolute Gasteiger partial charge is 0.171 e. The van der Waals surface area contributed by atoms with Crippen LogP contribution in [-0.2, 0) is 11.2 Å². The normalized spacial score (nSPS) is 18.9. The fourth-order valence-corrected chi connectivity index (χ4v) is 4.06. The highest BCUT2D eigenvalue weighted by Crippen LogP contribution is 2.33. The summed E-state index contributed by atoms with van der Waals surface area (Å²) in [6, 6.07) is 18.2. The van der Waals surface area contributed by atoms with Crippen molar-refractivity contribution in [2.24, 2.45) is 0 Å². The Balaban J connectivity index is 1.38. The summed E-state index contributed by atoms with van der Waals surface area (Å²) in [7, 11) is 0. The molecular formula is C23H24N2O2S. The topological polar surface area (TPSA) is 50.4 Å². The maximum absolute atomic E-state index is 12.5. The molecule has 0 bridgehead atoms. The number of rotatable bonds is 6. The lowest BCUT2D eigenvalue weighted by atomic mass is 9.85. The number of thiocarbonyl (C=S) groups is 1. The molecule has 2 aromatic carbocycles. The second-order valence-corrected chi connectivity index (χ2v) is 7.62. The minimum atomic E-state index is -0.177. The minimum absolute atomic E-state index is 0.177. The Morgan fingerprint density at radius 3 is 2.61 bits per heavy atom. The molecule has 0 aromatic heterocycles. The molecule has 0 fully saturated rings. The fraction of sp³-hybridized carbons (Fsp3) is 0.304. The van der Waals surface area contributed by atoms with Crippen LogP contribution in [0.3, 0.4) is 0 Å². The SMILES string of the molecule is O=C1CCCC2=C1C(c1ccc(OCCCc3ccccc3)cc1)NC(=S)N2. The molecule has 1 heterocycles. The Morgan fingerprint density at radius 2 is 1.82 bits per heavy atom. The summed E-state index contributed by atoms with van der Waals surface area (Å²) >= 11 is 5.33. The zero-order valence-corrected chi connectivity index (χ0v) is 16.6. The molecular weight excluding hydrogens is 368 g/mol. The highest BCUT2D eigenvalue weighted by atomic mass is 32.1. The summed E-state index contributed by atoms with van der Waals surface area (Å²) in [5.74, 6) is 1.05. The maximum atomic E-state index is 12.5. The molecule has 1 aliphatic carbocycles. The Morgan fingerprint density at radius 1 is 1.04 bits per heavy atom. The van der Waals surface area contributed by atoms with Gasteiger partial charge in [-0.05, 0) is 61.2 Å². The van der Waals surface area contributed by atoms with Gasteiger partial charge in [0, 0.05) is 17.7 Å². The van der Waals surface area contributed by atoms with E-state index < -0.39 is 0 Å². The number of allylic oxidation sites excluding steroid dienone is 1. The Labute approximate surface area is 171 Å². The lowest BCUT2D eigenvalue weighted by Crippen LogP contribution is -2.46. The van der Waals surface area contributed by atoms with Gasteiger partial charge >= 0.3 is 0 Å². The third kappa shape index (κ3) is 4.25. The second kappa shape index (κ2) is 8.57. The van der Waals surface area contributed by atoms with Crippen molar-refractivity contribution in [1.82, 2.24) is 10.6 Å². The number of Topliss-reactive ketones (excluding diaryl/α,β-unsaturated/α-hetero) is 1. The molecule has 0 spiro atoms. The number of aryl methyl sites for hydroxylation is 1. The first-order chi connectivity index (χ1) is 13.7. The van der Waals surface area contributed by atoms with E-state index in [0.29, 0.717) is 18.1 Å². The highest BCUT2D eigenvalue weighted by molar-refractivity contribution is 7.80. The van der Waals surface area contributed by atoms with Gasteiger partial charge in [0.2, 0.25) is 0 Å². The molecule has 0 amide bonds. The van der Waals surface area contributed by atoms with Crippen molar-refractivity contribution in [2.75, 3.05) is 6.61 Å². The molecule has 144 valence electrons. The summed E-state index contributed by atoms with van der Waals surface area (Å²) in [4.78, 5) is 12.5. The molecule has 1 atom stereocenters. The lowest BCUT2D eigenvalue weighted by molar-refractivity contribution is -0.116. The predicted molar refractivity (Wildman–Crippen MR) is 114 cm³/mol. The zero-order valence-electron chi connectivity index (χ0n) is 15.7. The average molecular weight is 393 g/mol. The number of carbonyl (C=O) groups excluding carboxylic acids is 1. The van der Waals surface area contributed by atoms with E-state index in [1.165, 1.54) is 5.56 Å². The van der Waals surface area contributed by atoms with E-state index >= 15 is 0 Å².